The van der Waals surface area contributed by atoms with Crippen molar-refractivity contribution in [3.05, 3.63) is 90.2 Å². The van der Waals surface area contributed by atoms with E-state index in [2.05, 4.69) is 0 Å². The van der Waals surface area contributed by atoms with Gasteiger partial charge in [0.1, 0.15) is 18.2 Å². The third kappa shape index (κ3) is 5.40. The normalized spacial score (nSPS) is 11.1. The highest BCUT2D eigenvalue weighted by atomic mass is 32.2. The molecular weight excluding hydrogens is 419 g/mol. The van der Waals surface area contributed by atoms with Gasteiger partial charge in [-0.2, -0.15) is 0 Å². The van der Waals surface area contributed by atoms with Gasteiger partial charge in [0.25, 0.3) is 15.9 Å². The molecule has 8 heteroatoms. The molecule has 0 radical (unpaired) electrons. The van der Waals surface area contributed by atoms with Gasteiger partial charge in [-0.3, -0.25) is 9.10 Å². The molecule has 0 aliphatic rings. The van der Waals surface area contributed by atoms with Gasteiger partial charge in [-0.05, 0) is 60.7 Å². The van der Waals surface area contributed by atoms with Crippen LogP contribution in [0, 0.1) is 5.82 Å². The standard InChI is InChI=1S/C23H23FN2O4S/c1-25(16-17-30-21-12-10-19(24)11-13-21)23(27)18-8-14-22(15-9-18)31(28,29)26(2)20-6-4-3-5-7-20/h3-15H,16-17H2,1-2H3. The Hall–Kier alpha value is -3.39. The average molecular weight is 443 g/mol. The zero-order valence-electron chi connectivity index (χ0n) is 17.2. The number of para-hydroxylation sites is 1. The van der Waals surface area contributed by atoms with E-state index < -0.39 is 10.0 Å². The summed E-state index contributed by atoms with van der Waals surface area (Å²) in [7, 11) is -0.627. The topological polar surface area (TPSA) is 66.9 Å². The Balaban J connectivity index is 1.61. The summed E-state index contributed by atoms with van der Waals surface area (Å²) in [6.45, 7) is 0.551. The van der Waals surface area contributed by atoms with Crippen LogP contribution in [-0.4, -0.2) is 46.5 Å². The maximum atomic E-state index is 12.9. The van der Waals surface area contributed by atoms with Gasteiger partial charge in [0.15, 0.2) is 0 Å². The zero-order valence-corrected chi connectivity index (χ0v) is 18.0. The van der Waals surface area contributed by atoms with Crippen molar-refractivity contribution in [2.24, 2.45) is 0 Å². The molecule has 0 aliphatic heterocycles. The summed E-state index contributed by atoms with van der Waals surface area (Å²) < 4.78 is 45.3. The number of halogens is 1. The second-order valence-electron chi connectivity index (χ2n) is 6.86. The largest absolute Gasteiger partial charge is 0.492 e. The Kier molecular flexibility index (Phi) is 6.91. The van der Waals surface area contributed by atoms with Gasteiger partial charge < -0.3 is 9.64 Å². The monoisotopic (exact) mass is 442 g/mol. The minimum atomic E-state index is -3.74. The molecule has 0 aromatic heterocycles. The van der Waals surface area contributed by atoms with Crippen LogP contribution in [0.25, 0.3) is 0 Å². The second-order valence-corrected chi connectivity index (χ2v) is 8.83. The number of benzene rings is 3. The van der Waals surface area contributed by atoms with Gasteiger partial charge in [-0.25, -0.2) is 12.8 Å². The van der Waals surface area contributed by atoms with Crippen molar-refractivity contribution in [2.45, 2.75) is 4.90 Å². The summed E-state index contributed by atoms with van der Waals surface area (Å²) >= 11 is 0. The van der Waals surface area contributed by atoms with Crippen molar-refractivity contribution in [2.75, 3.05) is 31.6 Å². The van der Waals surface area contributed by atoms with E-state index in [0.717, 1.165) is 0 Å². The van der Waals surface area contributed by atoms with Gasteiger partial charge in [0.2, 0.25) is 0 Å². The molecule has 3 aromatic carbocycles. The number of sulfonamides is 1. The van der Waals surface area contributed by atoms with Gasteiger partial charge >= 0.3 is 0 Å². The summed E-state index contributed by atoms with van der Waals surface area (Å²) in [5, 5.41) is 0. The van der Waals surface area contributed by atoms with Crippen molar-refractivity contribution >= 4 is 21.6 Å². The molecule has 0 fully saturated rings. The number of ether oxygens (including phenoxy) is 1. The number of carbonyl (C=O) groups is 1. The fraction of sp³-hybridized carbons (Fsp3) is 0.174. The molecule has 0 N–H and O–H groups in total. The van der Waals surface area contributed by atoms with Gasteiger partial charge in [-0.1, -0.05) is 18.2 Å². The number of hydrogen-bond donors (Lipinski definition) is 0. The van der Waals surface area contributed by atoms with Crippen molar-refractivity contribution in [3.63, 3.8) is 0 Å². The number of likely N-dealkylation sites (N-methyl/N-ethyl adjacent to an activating group) is 1. The van der Waals surface area contributed by atoms with Crippen LogP contribution in [0.1, 0.15) is 10.4 Å². The third-order valence-corrected chi connectivity index (χ3v) is 6.54. The Morgan fingerprint density at radius 1 is 0.903 bits per heavy atom. The number of nitrogens with zero attached hydrogens (tertiary/aromatic N) is 2. The van der Waals surface area contributed by atoms with Crippen LogP contribution in [0.2, 0.25) is 0 Å². The Morgan fingerprint density at radius 2 is 1.52 bits per heavy atom. The summed E-state index contributed by atoms with van der Waals surface area (Å²) in [5.41, 5.74) is 0.911. The van der Waals surface area contributed by atoms with Crippen LogP contribution in [0.15, 0.2) is 83.8 Å². The fourth-order valence-corrected chi connectivity index (χ4v) is 4.05. The summed E-state index contributed by atoms with van der Waals surface area (Å²) in [5.74, 6) is -0.0949. The third-order valence-electron chi connectivity index (χ3n) is 4.74. The summed E-state index contributed by atoms with van der Waals surface area (Å²) in [4.78, 5) is 14.2. The van der Waals surface area contributed by atoms with Crippen molar-refractivity contribution < 1.29 is 22.3 Å². The predicted octanol–water partition coefficient (Wildman–Crippen LogP) is 3.80. The van der Waals surface area contributed by atoms with E-state index in [1.807, 2.05) is 6.07 Å². The molecule has 0 heterocycles. The van der Waals surface area contributed by atoms with Gasteiger partial charge in [0, 0.05) is 19.7 Å². The SMILES string of the molecule is CN(CCOc1ccc(F)cc1)C(=O)c1ccc(S(=O)(=O)N(C)c2ccccc2)cc1. The van der Waals surface area contributed by atoms with E-state index in [0.29, 0.717) is 23.5 Å². The molecule has 0 saturated heterocycles. The van der Waals surface area contributed by atoms with Crippen LogP contribution < -0.4 is 9.04 Å². The Bertz CT molecular complexity index is 1120. The molecule has 162 valence electrons. The zero-order chi connectivity index (χ0) is 22.4. The molecular formula is C23H23FN2O4S. The molecule has 0 spiro atoms. The van der Waals surface area contributed by atoms with Crippen LogP contribution in [0.3, 0.4) is 0 Å². The highest BCUT2D eigenvalue weighted by Gasteiger charge is 2.22. The molecule has 0 atom stereocenters. The van der Waals surface area contributed by atoms with Crippen molar-refractivity contribution in [3.8, 4) is 5.75 Å². The molecule has 0 saturated carbocycles. The first kappa shape index (κ1) is 22.3. The lowest BCUT2D eigenvalue weighted by molar-refractivity contribution is 0.0773. The van der Waals surface area contributed by atoms with Crippen molar-refractivity contribution in [1.82, 2.24) is 4.90 Å². The van der Waals surface area contributed by atoms with E-state index in [-0.39, 0.29) is 23.2 Å². The molecule has 6 nitrogen and oxygen atoms in total. The molecule has 1 amide bonds. The number of hydrogen-bond acceptors (Lipinski definition) is 4. The number of carbonyl (C=O) groups excluding carboxylic acids is 1. The number of amides is 1. The quantitative estimate of drug-likeness (QED) is 0.532. The van der Waals surface area contributed by atoms with Gasteiger partial charge in [-0.15, -0.1) is 0 Å². The van der Waals surface area contributed by atoms with E-state index in [4.69, 9.17) is 4.74 Å². The minimum Gasteiger partial charge on any atom is -0.492 e. The van der Waals surface area contributed by atoms with Gasteiger partial charge in [0.05, 0.1) is 17.1 Å². The Labute approximate surface area is 181 Å². The molecule has 3 rings (SSSR count). The fourth-order valence-electron chi connectivity index (χ4n) is 2.86. The Morgan fingerprint density at radius 3 is 2.13 bits per heavy atom. The lowest BCUT2D eigenvalue weighted by Crippen LogP contribution is -2.31. The lowest BCUT2D eigenvalue weighted by Gasteiger charge is -2.20. The molecule has 0 aliphatic carbocycles. The predicted molar refractivity (Wildman–Crippen MR) is 117 cm³/mol. The molecule has 3 aromatic rings. The first-order chi connectivity index (χ1) is 14.8. The van der Waals surface area contributed by atoms with E-state index in [1.165, 1.54) is 64.8 Å². The van der Waals surface area contributed by atoms with E-state index >= 15 is 0 Å². The average Bonchev–Trinajstić information content (AvgIpc) is 2.80. The first-order valence-corrected chi connectivity index (χ1v) is 11.0. The van der Waals surface area contributed by atoms with E-state index in [9.17, 15) is 17.6 Å². The number of rotatable bonds is 8. The van der Waals surface area contributed by atoms with E-state index in [1.54, 1.807) is 31.3 Å². The summed E-state index contributed by atoms with van der Waals surface area (Å²) in [6, 6.07) is 20.2. The van der Waals surface area contributed by atoms with Crippen LogP contribution in [0.5, 0.6) is 5.75 Å². The smallest absolute Gasteiger partial charge is 0.264 e. The maximum Gasteiger partial charge on any atom is 0.264 e. The highest BCUT2D eigenvalue weighted by Crippen LogP contribution is 2.22. The first-order valence-electron chi connectivity index (χ1n) is 9.57. The van der Waals surface area contributed by atoms with Crippen LogP contribution in [0.4, 0.5) is 10.1 Å². The molecule has 0 bridgehead atoms. The highest BCUT2D eigenvalue weighted by molar-refractivity contribution is 7.92. The second kappa shape index (κ2) is 9.61. The van der Waals surface area contributed by atoms with Crippen LogP contribution in [-0.2, 0) is 10.0 Å². The summed E-state index contributed by atoms with van der Waals surface area (Å²) in [6.07, 6.45) is 0. The lowest BCUT2D eigenvalue weighted by atomic mass is 10.2. The maximum absolute atomic E-state index is 12.9. The number of anilines is 1. The van der Waals surface area contributed by atoms with Crippen LogP contribution >= 0.6 is 0 Å². The minimum absolute atomic E-state index is 0.0951. The molecule has 31 heavy (non-hydrogen) atoms. The van der Waals surface area contributed by atoms with Crippen molar-refractivity contribution in [1.29, 1.82) is 0 Å². The molecule has 0 unspecified atom stereocenters.